The Hall–Kier alpha value is -2.54. The number of halogens is 4. The van der Waals surface area contributed by atoms with E-state index < -0.39 is 21.5 Å². The van der Waals surface area contributed by atoms with Gasteiger partial charge < -0.3 is 0 Å². The van der Waals surface area contributed by atoms with E-state index in [1.54, 1.807) is 30.3 Å². The molecule has 8 heteroatoms. The first-order valence-electron chi connectivity index (χ1n) is 8.33. The van der Waals surface area contributed by atoms with Gasteiger partial charge in [-0.1, -0.05) is 47.5 Å². The SMILES string of the molecule is O=S(=O)(c1ccc(F)c(F)c1)c1cc2ccccc2nc1-c1ccc(Cl)c(Cl)c1. The minimum Gasteiger partial charge on any atom is -0.246 e. The van der Waals surface area contributed by atoms with Crippen LogP contribution in [0.4, 0.5) is 8.78 Å². The number of rotatable bonds is 3. The van der Waals surface area contributed by atoms with Crippen molar-refractivity contribution in [3.05, 3.63) is 88.4 Å². The quantitative estimate of drug-likeness (QED) is 0.343. The molecular formula is C21H11Cl2F2NO2S. The van der Waals surface area contributed by atoms with Crippen LogP contribution in [0.5, 0.6) is 0 Å². The Labute approximate surface area is 175 Å². The molecule has 0 aliphatic heterocycles. The number of hydrogen-bond acceptors (Lipinski definition) is 3. The minimum absolute atomic E-state index is 0.131. The highest BCUT2D eigenvalue weighted by atomic mass is 35.5. The highest BCUT2D eigenvalue weighted by Crippen LogP contribution is 2.35. The van der Waals surface area contributed by atoms with Crippen molar-refractivity contribution in [3.8, 4) is 11.3 Å². The monoisotopic (exact) mass is 449 g/mol. The Balaban J connectivity index is 2.03. The average molecular weight is 450 g/mol. The molecule has 3 aromatic carbocycles. The van der Waals surface area contributed by atoms with Gasteiger partial charge in [0.25, 0.3) is 0 Å². The summed E-state index contributed by atoms with van der Waals surface area (Å²) in [5.74, 6) is -2.39. The smallest absolute Gasteiger partial charge is 0.208 e. The van der Waals surface area contributed by atoms with Crippen molar-refractivity contribution in [1.82, 2.24) is 4.98 Å². The van der Waals surface area contributed by atoms with E-state index in [1.807, 2.05) is 0 Å². The molecule has 1 aromatic heterocycles. The number of para-hydroxylation sites is 1. The number of nitrogens with zero attached hydrogens (tertiary/aromatic N) is 1. The van der Waals surface area contributed by atoms with E-state index >= 15 is 0 Å². The van der Waals surface area contributed by atoms with E-state index in [-0.39, 0.29) is 20.5 Å². The second-order valence-electron chi connectivity index (χ2n) is 6.24. The van der Waals surface area contributed by atoms with Crippen LogP contribution < -0.4 is 0 Å². The number of benzene rings is 3. The van der Waals surface area contributed by atoms with Gasteiger partial charge in [-0.05, 0) is 42.5 Å². The fourth-order valence-electron chi connectivity index (χ4n) is 2.92. The molecule has 0 saturated carbocycles. The van der Waals surface area contributed by atoms with E-state index in [9.17, 15) is 17.2 Å². The molecule has 0 aliphatic rings. The molecule has 0 N–H and O–H groups in total. The fraction of sp³-hybridized carbons (Fsp3) is 0. The molecule has 3 nitrogen and oxygen atoms in total. The molecule has 1 heterocycles. The average Bonchev–Trinajstić information content (AvgIpc) is 2.71. The molecule has 0 radical (unpaired) electrons. The van der Waals surface area contributed by atoms with Gasteiger partial charge in [-0.2, -0.15) is 0 Å². The maximum absolute atomic E-state index is 13.7. The van der Waals surface area contributed by atoms with E-state index in [4.69, 9.17) is 23.2 Å². The van der Waals surface area contributed by atoms with E-state index in [1.165, 1.54) is 18.2 Å². The molecule has 4 aromatic rings. The third-order valence-electron chi connectivity index (χ3n) is 4.37. The maximum Gasteiger partial charge on any atom is 0.208 e. The van der Waals surface area contributed by atoms with Crippen molar-refractivity contribution in [1.29, 1.82) is 0 Å². The van der Waals surface area contributed by atoms with Crippen LogP contribution >= 0.6 is 23.2 Å². The van der Waals surface area contributed by atoms with Crippen molar-refractivity contribution in [3.63, 3.8) is 0 Å². The van der Waals surface area contributed by atoms with Crippen LogP contribution in [0.1, 0.15) is 0 Å². The van der Waals surface area contributed by atoms with Gasteiger partial charge in [-0.25, -0.2) is 22.2 Å². The Kier molecular flexibility index (Phi) is 5.02. The molecule has 0 bridgehead atoms. The molecule has 4 rings (SSSR count). The van der Waals surface area contributed by atoms with Gasteiger partial charge in [0, 0.05) is 10.9 Å². The molecule has 0 saturated heterocycles. The maximum atomic E-state index is 13.7. The number of aromatic nitrogens is 1. The minimum atomic E-state index is -4.22. The molecular weight excluding hydrogens is 439 g/mol. The lowest BCUT2D eigenvalue weighted by atomic mass is 10.1. The third-order valence-corrected chi connectivity index (χ3v) is 6.88. The van der Waals surface area contributed by atoms with Crippen LogP contribution in [-0.4, -0.2) is 13.4 Å². The van der Waals surface area contributed by atoms with Crippen molar-refractivity contribution < 1.29 is 17.2 Å². The summed E-state index contributed by atoms with van der Waals surface area (Å²) in [6, 6.07) is 15.5. The van der Waals surface area contributed by atoms with Crippen LogP contribution in [-0.2, 0) is 9.84 Å². The lowest BCUT2D eigenvalue weighted by molar-refractivity contribution is 0.504. The van der Waals surface area contributed by atoms with Crippen LogP contribution in [0.2, 0.25) is 10.0 Å². The molecule has 0 spiro atoms. The topological polar surface area (TPSA) is 47.0 Å². The first kappa shape index (κ1) is 19.8. The zero-order valence-electron chi connectivity index (χ0n) is 14.5. The zero-order chi connectivity index (χ0) is 20.8. The summed E-state index contributed by atoms with van der Waals surface area (Å²) in [4.78, 5) is 3.97. The van der Waals surface area contributed by atoms with Crippen molar-refractivity contribution in [2.24, 2.45) is 0 Å². The highest BCUT2D eigenvalue weighted by Gasteiger charge is 2.25. The Morgan fingerprint density at radius 2 is 1.55 bits per heavy atom. The third kappa shape index (κ3) is 3.59. The fourth-order valence-corrected chi connectivity index (χ4v) is 4.68. The summed E-state index contributed by atoms with van der Waals surface area (Å²) in [6.45, 7) is 0. The van der Waals surface area contributed by atoms with Gasteiger partial charge in [-0.3, -0.25) is 0 Å². The van der Waals surface area contributed by atoms with Crippen LogP contribution in [0.3, 0.4) is 0 Å². The molecule has 0 fully saturated rings. The van der Waals surface area contributed by atoms with Gasteiger partial charge in [0.2, 0.25) is 9.84 Å². The number of sulfone groups is 1. The van der Waals surface area contributed by atoms with Crippen LogP contribution in [0, 0.1) is 11.6 Å². The normalized spacial score (nSPS) is 11.7. The lowest BCUT2D eigenvalue weighted by Crippen LogP contribution is -2.07. The molecule has 0 unspecified atom stereocenters. The van der Waals surface area contributed by atoms with Crippen LogP contribution in [0.15, 0.2) is 76.5 Å². The van der Waals surface area contributed by atoms with Gasteiger partial charge in [0.15, 0.2) is 11.6 Å². The zero-order valence-corrected chi connectivity index (χ0v) is 16.9. The Morgan fingerprint density at radius 1 is 0.793 bits per heavy atom. The summed E-state index contributed by atoms with van der Waals surface area (Å²) in [5.41, 5.74) is 1.12. The summed E-state index contributed by atoms with van der Waals surface area (Å²) >= 11 is 12.1. The molecule has 29 heavy (non-hydrogen) atoms. The van der Waals surface area contributed by atoms with Crippen molar-refractivity contribution in [2.45, 2.75) is 9.79 Å². The van der Waals surface area contributed by atoms with Gasteiger partial charge in [0.05, 0.1) is 31.0 Å². The van der Waals surface area contributed by atoms with Crippen molar-refractivity contribution >= 4 is 43.9 Å². The molecule has 146 valence electrons. The molecule has 0 atom stereocenters. The summed E-state index contributed by atoms with van der Waals surface area (Å²) < 4.78 is 53.6. The lowest BCUT2D eigenvalue weighted by Gasteiger charge is -2.13. The first-order valence-corrected chi connectivity index (χ1v) is 10.6. The largest absolute Gasteiger partial charge is 0.246 e. The predicted molar refractivity (Wildman–Crippen MR) is 109 cm³/mol. The Bertz CT molecular complexity index is 1370. The van der Waals surface area contributed by atoms with Gasteiger partial charge in [0.1, 0.15) is 0 Å². The number of fused-ring (bicyclic) bond motifs is 1. The number of hydrogen-bond donors (Lipinski definition) is 0. The molecule has 0 amide bonds. The summed E-state index contributed by atoms with van der Waals surface area (Å²) in [7, 11) is -4.22. The summed E-state index contributed by atoms with van der Waals surface area (Å²) in [5, 5.41) is 1.12. The second-order valence-corrected chi connectivity index (χ2v) is 8.97. The first-order chi connectivity index (χ1) is 13.8. The Morgan fingerprint density at radius 3 is 2.28 bits per heavy atom. The predicted octanol–water partition coefficient (Wildman–Crippen LogP) is 6.32. The van der Waals surface area contributed by atoms with Crippen LogP contribution in [0.25, 0.3) is 22.2 Å². The highest BCUT2D eigenvalue weighted by molar-refractivity contribution is 7.91. The van der Waals surface area contributed by atoms with Gasteiger partial charge >= 0.3 is 0 Å². The van der Waals surface area contributed by atoms with Crippen molar-refractivity contribution in [2.75, 3.05) is 0 Å². The van der Waals surface area contributed by atoms with E-state index in [0.717, 1.165) is 12.1 Å². The van der Waals surface area contributed by atoms with Gasteiger partial charge in [-0.15, -0.1) is 0 Å². The second kappa shape index (κ2) is 7.37. The summed E-state index contributed by atoms with van der Waals surface area (Å²) in [6.07, 6.45) is 0. The molecule has 0 aliphatic carbocycles. The standard InChI is InChI=1S/C21H11Cl2F2NO2S/c22-15-7-5-13(9-16(15)23)21-20(10-12-3-1-2-4-19(12)26-21)29(27,28)14-6-8-17(24)18(25)11-14/h1-11H. The number of pyridine rings is 1. The van der Waals surface area contributed by atoms with E-state index in [0.29, 0.717) is 27.6 Å². The van der Waals surface area contributed by atoms with E-state index in [2.05, 4.69) is 4.98 Å².